The van der Waals surface area contributed by atoms with Crippen molar-refractivity contribution in [3.8, 4) is 17.3 Å². The number of rotatable bonds is 6. The maximum atomic E-state index is 6.54. The predicted octanol–water partition coefficient (Wildman–Crippen LogP) is 3.11. The first-order valence-electron chi connectivity index (χ1n) is 11.9. The molecule has 0 atom stereocenters. The molecule has 0 unspecified atom stereocenters. The van der Waals surface area contributed by atoms with E-state index < -0.39 is 0 Å². The van der Waals surface area contributed by atoms with E-state index in [1.165, 1.54) is 6.39 Å². The van der Waals surface area contributed by atoms with Crippen molar-refractivity contribution in [2.24, 2.45) is 0 Å². The van der Waals surface area contributed by atoms with Crippen LogP contribution in [-0.4, -0.2) is 68.6 Å². The maximum Gasteiger partial charge on any atom is 0.249 e. The van der Waals surface area contributed by atoms with Crippen LogP contribution in [0.25, 0.3) is 22.4 Å². The van der Waals surface area contributed by atoms with E-state index in [1.807, 2.05) is 18.2 Å². The maximum absolute atomic E-state index is 6.54. The summed E-state index contributed by atoms with van der Waals surface area (Å²) >= 11 is 0. The highest BCUT2D eigenvalue weighted by molar-refractivity contribution is 5.88. The topological polar surface area (TPSA) is 124 Å². The van der Waals surface area contributed by atoms with Crippen LogP contribution >= 0.6 is 0 Å². The molecule has 0 spiro atoms. The van der Waals surface area contributed by atoms with E-state index in [4.69, 9.17) is 18.9 Å². The lowest BCUT2D eigenvalue weighted by Gasteiger charge is -2.31. The molecule has 180 valence electrons. The number of nitrogens with zero attached hydrogens (tertiary/aromatic N) is 7. The number of fused-ring (bicyclic) bond motifs is 1. The second kappa shape index (κ2) is 9.79. The number of anilines is 2. The van der Waals surface area contributed by atoms with Crippen molar-refractivity contribution >= 4 is 22.7 Å². The molecule has 1 aliphatic heterocycles. The Labute approximate surface area is 201 Å². The second-order valence-corrected chi connectivity index (χ2v) is 8.73. The van der Waals surface area contributed by atoms with E-state index >= 15 is 0 Å². The summed E-state index contributed by atoms with van der Waals surface area (Å²) in [4.78, 5) is 20.4. The summed E-state index contributed by atoms with van der Waals surface area (Å²) in [6.07, 6.45) is 10.4. The molecule has 4 aromatic rings. The van der Waals surface area contributed by atoms with Crippen molar-refractivity contribution in [2.75, 3.05) is 36.5 Å². The molecule has 2 fully saturated rings. The molecule has 0 aromatic carbocycles. The smallest absolute Gasteiger partial charge is 0.249 e. The fraction of sp³-hybridized carbons (Fsp3) is 0.417. The standard InChI is InChI=1S/C24H26N8O3/c1-6-25-24(26-7-1)29-17-2-4-18(5-3-17)35-23-19-12-16(22-31-28-15-34-22)14-27-20(19)13-21(30-23)32-8-10-33-11-9-32/h1,6-7,12-15,17-18H,2-5,8-11H2,(H,25,26,29)/t17-,18+. The van der Waals surface area contributed by atoms with Crippen molar-refractivity contribution in [3.05, 3.63) is 43.2 Å². The first-order valence-corrected chi connectivity index (χ1v) is 11.9. The van der Waals surface area contributed by atoms with Crippen LogP contribution in [0.2, 0.25) is 0 Å². The molecule has 4 aromatic heterocycles. The van der Waals surface area contributed by atoms with E-state index in [1.54, 1.807) is 18.6 Å². The Morgan fingerprint density at radius 2 is 1.83 bits per heavy atom. The SMILES string of the molecule is c1cnc(N[C@H]2CC[C@@H](Oc3nc(N4CCOCC4)cc4ncc(-c5nnco5)cc34)CC2)nc1. The van der Waals surface area contributed by atoms with Crippen molar-refractivity contribution in [3.63, 3.8) is 0 Å². The zero-order chi connectivity index (χ0) is 23.5. The monoisotopic (exact) mass is 474 g/mol. The lowest BCUT2D eigenvalue weighted by Crippen LogP contribution is -2.37. The molecule has 1 aliphatic carbocycles. The van der Waals surface area contributed by atoms with E-state index in [0.29, 0.717) is 37.0 Å². The predicted molar refractivity (Wildman–Crippen MR) is 128 cm³/mol. The van der Waals surface area contributed by atoms with Gasteiger partial charge in [-0.2, -0.15) is 4.98 Å². The van der Waals surface area contributed by atoms with Crippen LogP contribution in [0.15, 0.2) is 47.6 Å². The van der Waals surface area contributed by atoms with Gasteiger partial charge >= 0.3 is 0 Å². The minimum absolute atomic E-state index is 0.0624. The van der Waals surface area contributed by atoms with Crippen LogP contribution in [0.3, 0.4) is 0 Å². The molecule has 5 heterocycles. The molecule has 1 saturated carbocycles. The van der Waals surface area contributed by atoms with Crippen molar-refractivity contribution in [1.82, 2.24) is 30.1 Å². The number of pyridine rings is 2. The Kier molecular flexibility index (Phi) is 6.06. The highest BCUT2D eigenvalue weighted by Gasteiger charge is 2.25. The molecule has 0 amide bonds. The average molecular weight is 475 g/mol. The molecule has 2 aliphatic rings. The first-order chi connectivity index (χ1) is 17.3. The van der Waals surface area contributed by atoms with E-state index in [9.17, 15) is 0 Å². The van der Waals surface area contributed by atoms with Gasteiger partial charge in [-0.05, 0) is 37.8 Å². The Morgan fingerprint density at radius 3 is 2.60 bits per heavy atom. The Bertz CT molecular complexity index is 1260. The number of hydrogen-bond acceptors (Lipinski definition) is 11. The van der Waals surface area contributed by atoms with Gasteiger partial charge in [0, 0.05) is 43.8 Å². The molecule has 6 rings (SSSR count). The summed E-state index contributed by atoms with van der Waals surface area (Å²) in [6, 6.07) is 6.11. The van der Waals surface area contributed by atoms with Gasteiger partial charge in [0.2, 0.25) is 24.1 Å². The zero-order valence-corrected chi connectivity index (χ0v) is 19.2. The number of hydrogen-bond donors (Lipinski definition) is 1. The van der Waals surface area contributed by atoms with Gasteiger partial charge in [-0.3, -0.25) is 4.98 Å². The number of aromatic nitrogens is 6. The molecule has 0 bridgehead atoms. The molecule has 35 heavy (non-hydrogen) atoms. The van der Waals surface area contributed by atoms with Gasteiger partial charge in [0.15, 0.2) is 0 Å². The minimum atomic E-state index is 0.0624. The Morgan fingerprint density at radius 1 is 1.00 bits per heavy atom. The van der Waals surface area contributed by atoms with Gasteiger partial charge < -0.3 is 24.1 Å². The number of nitrogens with one attached hydrogen (secondary N) is 1. The fourth-order valence-electron chi connectivity index (χ4n) is 4.58. The van der Waals surface area contributed by atoms with Gasteiger partial charge in [-0.1, -0.05) is 0 Å². The zero-order valence-electron chi connectivity index (χ0n) is 19.2. The molecule has 11 heteroatoms. The molecule has 1 N–H and O–H groups in total. The first kappa shape index (κ1) is 21.7. The van der Waals surface area contributed by atoms with E-state index in [-0.39, 0.29) is 6.10 Å². The third-order valence-electron chi connectivity index (χ3n) is 6.42. The summed E-state index contributed by atoms with van der Waals surface area (Å²) in [5, 5.41) is 12.1. The highest BCUT2D eigenvalue weighted by atomic mass is 16.5. The van der Waals surface area contributed by atoms with Gasteiger partial charge in [-0.25, -0.2) is 9.97 Å². The second-order valence-electron chi connectivity index (χ2n) is 8.73. The highest BCUT2D eigenvalue weighted by Crippen LogP contribution is 2.33. The van der Waals surface area contributed by atoms with Gasteiger partial charge in [0.1, 0.15) is 11.9 Å². The van der Waals surface area contributed by atoms with Crippen molar-refractivity contribution in [1.29, 1.82) is 0 Å². The summed E-state index contributed by atoms with van der Waals surface area (Å²) in [6.45, 7) is 2.94. The summed E-state index contributed by atoms with van der Waals surface area (Å²) < 4.78 is 17.4. The minimum Gasteiger partial charge on any atom is -0.474 e. The fourth-order valence-corrected chi connectivity index (χ4v) is 4.58. The van der Waals surface area contributed by atoms with Gasteiger partial charge in [0.05, 0.1) is 29.7 Å². The van der Waals surface area contributed by atoms with Crippen LogP contribution < -0.4 is 15.0 Å². The lowest BCUT2D eigenvalue weighted by molar-refractivity contribution is 0.122. The molecular weight excluding hydrogens is 448 g/mol. The lowest BCUT2D eigenvalue weighted by atomic mass is 9.93. The molecule has 0 radical (unpaired) electrons. The van der Waals surface area contributed by atoms with Crippen LogP contribution in [0.1, 0.15) is 25.7 Å². The van der Waals surface area contributed by atoms with Crippen LogP contribution in [-0.2, 0) is 4.74 Å². The Hall–Kier alpha value is -3.86. The third kappa shape index (κ3) is 4.85. The molecule has 1 saturated heterocycles. The van der Waals surface area contributed by atoms with Crippen molar-refractivity contribution in [2.45, 2.75) is 37.8 Å². The van der Waals surface area contributed by atoms with Crippen molar-refractivity contribution < 1.29 is 13.9 Å². The van der Waals surface area contributed by atoms with Crippen LogP contribution in [0.4, 0.5) is 11.8 Å². The van der Waals surface area contributed by atoms with Gasteiger partial charge in [0.25, 0.3) is 0 Å². The van der Waals surface area contributed by atoms with Gasteiger partial charge in [-0.15, -0.1) is 10.2 Å². The Balaban J connectivity index is 1.24. The normalized spacial score (nSPS) is 20.6. The molecular formula is C24H26N8O3. The van der Waals surface area contributed by atoms with E-state index in [0.717, 1.165) is 61.1 Å². The number of ether oxygens (including phenoxy) is 2. The van der Waals surface area contributed by atoms with Crippen LogP contribution in [0, 0.1) is 0 Å². The third-order valence-corrected chi connectivity index (χ3v) is 6.42. The summed E-state index contributed by atoms with van der Waals surface area (Å²) in [7, 11) is 0. The summed E-state index contributed by atoms with van der Waals surface area (Å²) in [5.74, 6) is 2.52. The number of morpholine rings is 1. The average Bonchev–Trinajstić information content (AvgIpc) is 3.46. The largest absolute Gasteiger partial charge is 0.474 e. The van der Waals surface area contributed by atoms with E-state index in [2.05, 4.69) is 35.4 Å². The quantitative estimate of drug-likeness (QED) is 0.443. The van der Waals surface area contributed by atoms with Crippen LogP contribution in [0.5, 0.6) is 5.88 Å². The molecule has 11 nitrogen and oxygen atoms in total. The summed E-state index contributed by atoms with van der Waals surface area (Å²) in [5.41, 5.74) is 1.55.